The minimum absolute atomic E-state index is 0.270. The number of benzene rings is 1. The largest absolute Gasteiger partial charge is 0.282 e. The van der Waals surface area contributed by atoms with E-state index in [1.54, 1.807) is 36.5 Å². The van der Waals surface area contributed by atoms with Crippen molar-refractivity contribution < 1.29 is 8.42 Å². The maximum absolute atomic E-state index is 11.9. The van der Waals surface area contributed by atoms with Crippen LogP contribution >= 0.6 is 11.3 Å². The van der Waals surface area contributed by atoms with Crippen molar-refractivity contribution >= 4 is 37.1 Å². The molecule has 0 saturated heterocycles. The molecule has 0 amide bonds. The fourth-order valence-electron chi connectivity index (χ4n) is 1.65. The van der Waals surface area contributed by atoms with Crippen molar-refractivity contribution in [3.63, 3.8) is 0 Å². The van der Waals surface area contributed by atoms with Gasteiger partial charge in [-0.3, -0.25) is 4.72 Å². The number of hydrogen-bond donors (Lipinski definition) is 1. The van der Waals surface area contributed by atoms with E-state index in [0.717, 1.165) is 10.1 Å². The molecule has 18 heavy (non-hydrogen) atoms. The van der Waals surface area contributed by atoms with Gasteiger partial charge in [0.25, 0.3) is 0 Å². The lowest BCUT2D eigenvalue weighted by molar-refractivity contribution is 0.593. The quantitative estimate of drug-likeness (QED) is 0.936. The predicted octanol–water partition coefficient (Wildman–Crippen LogP) is 2.95. The lowest BCUT2D eigenvalue weighted by Gasteiger charge is -2.11. The summed E-state index contributed by atoms with van der Waals surface area (Å²) in [5.41, 5.74) is 0.495. The number of hydrogen-bond acceptors (Lipinski definition) is 4. The minimum Gasteiger partial charge on any atom is -0.282 e. The molecule has 4 nitrogen and oxygen atoms in total. The smallest absolute Gasteiger partial charge is 0.249 e. The molecule has 0 spiro atoms. The van der Waals surface area contributed by atoms with Gasteiger partial charge in [-0.2, -0.15) is 5.26 Å². The number of thiophene rings is 1. The Labute approximate surface area is 110 Å². The standard InChI is InChI=1S/C12H12N2O2S2/c1-2-11(8-13)18(15,16)14-10-3-4-12-9(7-10)5-6-17-12/h3-7,11,14H,2H2,1H3. The molecule has 1 unspecified atom stereocenters. The number of anilines is 1. The molecule has 2 aromatic rings. The average molecular weight is 280 g/mol. The zero-order valence-corrected chi connectivity index (χ0v) is 11.4. The normalized spacial score (nSPS) is 13.1. The molecule has 1 aromatic heterocycles. The predicted molar refractivity (Wildman–Crippen MR) is 74.1 cm³/mol. The van der Waals surface area contributed by atoms with E-state index in [1.807, 2.05) is 17.5 Å². The Hall–Kier alpha value is -1.58. The van der Waals surface area contributed by atoms with Gasteiger partial charge in [0.1, 0.15) is 0 Å². The third-order valence-electron chi connectivity index (χ3n) is 2.60. The van der Waals surface area contributed by atoms with Gasteiger partial charge in [0.05, 0.1) is 6.07 Å². The third-order valence-corrected chi connectivity index (χ3v) is 5.21. The van der Waals surface area contributed by atoms with Crippen molar-refractivity contribution in [2.45, 2.75) is 18.6 Å². The summed E-state index contributed by atoms with van der Waals surface area (Å²) >= 11 is 1.60. The van der Waals surface area contributed by atoms with Crippen molar-refractivity contribution in [3.8, 4) is 6.07 Å². The Balaban J connectivity index is 2.31. The van der Waals surface area contributed by atoms with E-state index in [-0.39, 0.29) is 6.42 Å². The van der Waals surface area contributed by atoms with Crippen LogP contribution in [0.2, 0.25) is 0 Å². The van der Waals surface area contributed by atoms with E-state index in [9.17, 15) is 8.42 Å². The fourth-order valence-corrected chi connectivity index (χ4v) is 3.59. The number of nitrogens with one attached hydrogen (secondary N) is 1. The highest BCUT2D eigenvalue weighted by Gasteiger charge is 2.23. The monoisotopic (exact) mass is 280 g/mol. The molecule has 6 heteroatoms. The summed E-state index contributed by atoms with van der Waals surface area (Å²) in [7, 11) is -3.63. The first-order chi connectivity index (χ1) is 8.56. The molecule has 1 N–H and O–H groups in total. The molecular weight excluding hydrogens is 268 g/mol. The van der Waals surface area contributed by atoms with Crippen LogP contribution in [0, 0.1) is 11.3 Å². The summed E-state index contributed by atoms with van der Waals surface area (Å²) in [6, 6.07) is 9.07. The van der Waals surface area contributed by atoms with Gasteiger partial charge in [-0.25, -0.2) is 8.42 Å². The fraction of sp³-hybridized carbons (Fsp3) is 0.250. The molecular formula is C12H12N2O2S2. The van der Waals surface area contributed by atoms with Crippen LogP contribution in [0.25, 0.3) is 10.1 Å². The molecule has 0 aliphatic rings. The van der Waals surface area contributed by atoms with Crippen molar-refractivity contribution in [2.24, 2.45) is 0 Å². The van der Waals surface area contributed by atoms with Crippen LogP contribution < -0.4 is 4.72 Å². The van der Waals surface area contributed by atoms with Gasteiger partial charge in [-0.15, -0.1) is 11.3 Å². The second kappa shape index (κ2) is 4.96. The average Bonchev–Trinajstić information content (AvgIpc) is 2.76. The lowest BCUT2D eigenvalue weighted by atomic mass is 10.2. The Morgan fingerprint density at radius 3 is 2.89 bits per heavy atom. The molecule has 0 aliphatic heterocycles. The molecule has 0 radical (unpaired) electrons. The van der Waals surface area contributed by atoms with E-state index in [2.05, 4.69) is 4.72 Å². The summed E-state index contributed by atoms with van der Waals surface area (Å²) in [4.78, 5) is 0. The van der Waals surface area contributed by atoms with Crippen LogP contribution in [0.15, 0.2) is 29.6 Å². The van der Waals surface area contributed by atoms with Crippen molar-refractivity contribution in [2.75, 3.05) is 4.72 Å². The Kier molecular flexibility index (Phi) is 3.55. The number of nitrogens with zero attached hydrogens (tertiary/aromatic N) is 1. The van der Waals surface area contributed by atoms with Gasteiger partial charge in [0, 0.05) is 10.4 Å². The molecule has 94 valence electrons. The highest BCUT2D eigenvalue weighted by molar-refractivity contribution is 7.93. The molecule has 0 fully saturated rings. The first-order valence-corrected chi connectivity index (χ1v) is 7.88. The van der Waals surface area contributed by atoms with Crippen LogP contribution in [0.4, 0.5) is 5.69 Å². The number of rotatable bonds is 4. The molecule has 0 saturated carbocycles. The van der Waals surface area contributed by atoms with Crippen molar-refractivity contribution in [3.05, 3.63) is 29.6 Å². The van der Waals surface area contributed by atoms with E-state index < -0.39 is 15.3 Å². The zero-order valence-electron chi connectivity index (χ0n) is 9.75. The molecule has 0 aliphatic carbocycles. The van der Waals surface area contributed by atoms with Crippen LogP contribution in [-0.4, -0.2) is 13.7 Å². The van der Waals surface area contributed by atoms with Gasteiger partial charge in [-0.05, 0) is 41.5 Å². The van der Waals surface area contributed by atoms with Gasteiger partial charge in [0.15, 0.2) is 5.25 Å². The first kappa shape index (κ1) is 12.9. The highest BCUT2D eigenvalue weighted by atomic mass is 32.2. The van der Waals surface area contributed by atoms with Gasteiger partial charge in [-0.1, -0.05) is 6.92 Å². The first-order valence-electron chi connectivity index (χ1n) is 5.45. The second-order valence-electron chi connectivity index (χ2n) is 3.85. The zero-order chi connectivity index (χ0) is 13.2. The summed E-state index contributed by atoms with van der Waals surface area (Å²) in [6.45, 7) is 1.68. The lowest BCUT2D eigenvalue weighted by Crippen LogP contribution is -2.25. The van der Waals surface area contributed by atoms with Crippen LogP contribution in [-0.2, 0) is 10.0 Å². The Bertz CT molecular complexity index is 698. The molecule has 0 bridgehead atoms. The number of fused-ring (bicyclic) bond motifs is 1. The van der Waals surface area contributed by atoms with E-state index in [1.165, 1.54) is 0 Å². The molecule has 1 atom stereocenters. The SMILES string of the molecule is CCC(C#N)S(=O)(=O)Nc1ccc2sccc2c1. The second-order valence-corrected chi connectivity index (χ2v) is 6.66. The van der Waals surface area contributed by atoms with Crippen LogP contribution in [0.3, 0.4) is 0 Å². The van der Waals surface area contributed by atoms with Gasteiger partial charge < -0.3 is 0 Å². The number of sulfonamides is 1. The maximum Gasteiger partial charge on any atom is 0.249 e. The molecule has 1 heterocycles. The van der Waals surface area contributed by atoms with Crippen molar-refractivity contribution in [1.29, 1.82) is 5.26 Å². The van der Waals surface area contributed by atoms with E-state index in [0.29, 0.717) is 5.69 Å². The number of nitriles is 1. The molecule has 1 aromatic carbocycles. The van der Waals surface area contributed by atoms with E-state index >= 15 is 0 Å². The minimum atomic E-state index is -3.63. The van der Waals surface area contributed by atoms with Crippen LogP contribution in [0.5, 0.6) is 0 Å². The summed E-state index contributed by atoms with van der Waals surface area (Å²) in [6.07, 6.45) is 0.270. The third kappa shape index (κ3) is 2.47. The Morgan fingerprint density at radius 1 is 1.44 bits per heavy atom. The highest BCUT2D eigenvalue weighted by Crippen LogP contribution is 2.25. The van der Waals surface area contributed by atoms with Gasteiger partial charge >= 0.3 is 0 Å². The molecule has 2 rings (SSSR count). The van der Waals surface area contributed by atoms with Crippen molar-refractivity contribution in [1.82, 2.24) is 0 Å². The summed E-state index contributed by atoms with van der Waals surface area (Å²) in [5, 5.41) is 10.7. The van der Waals surface area contributed by atoms with Crippen LogP contribution in [0.1, 0.15) is 13.3 Å². The topological polar surface area (TPSA) is 70.0 Å². The Morgan fingerprint density at radius 2 is 2.22 bits per heavy atom. The van der Waals surface area contributed by atoms with E-state index in [4.69, 9.17) is 5.26 Å². The summed E-state index contributed by atoms with van der Waals surface area (Å²) < 4.78 is 27.4. The summed E-state index contributed by atoms with van der Waals surface area (Å²) in [5.74, 6) is 0. The maximum atomic E-state index is 11.9. The van der Waals surface area contributed by atoms with Gasteiger partial charge in [0.2, 0.25) is 10.0 Å².